The Hall–Kier alpha value is -0.820. The van der Waals surface area contributed by atoms with Gasteiger partial charge in [-0.1, -0.05) is 30.3 Å². The second-order valence-corrected chi connectivity index (χ2v) is 7.43. The minimum absolute atomic E-state index is 0. The fraction of sp³-hybridized carbons (Fsp3) is 0.632. The standard InChI is InChI=1S/C19H28N4.HI/c1-13-10-15(12-23(13)16-8-9-16)21-19(20-2)22-18-11-17(18)14-6-4-3-5-7-14;/h3-7,13,15-18H,8-12H2,1-2H3,(H2,20,21,22);1H. The van der Waals surface area contributed by atoms with E-state index in [1.165, 1.54) is 37.8 Å². The third-order valence-electron chi connectivity index (χ3n) is 5.54. The molecule has 4 rings (SSSR count). The first-order valence-corrected chi connectivity index (χ1v) is 9.05. The molecule has 1 aromatic carbocycles. The van der Waals surface area contributed by atoms with Crippen molar-refractivity contribution in [1.82, 2.24) is 15.5 Å². The van der Waals surface area contributed by atoms with Gasteiger partial charge in [0.1, 0.15) is 0 Å². The van der Waals surface area contributed by atoms with Crippen molar-refractivity contribution in [2.24, 2.45) is 4.99 Å². The van der Waals surface area contributed by atoms with Crippen LogP contribution in [-0.2, 0) is 0 Å². The highest BCUT2D eigenvalue weighted by Gasteiger charge is 2.41. The number of aliphatic imine (C=N–C) groups is 1. The highest BCUT2D eigenvalue weighted by atomic mass is 127. The summed E-state index contributed by atoms with van der Waals surface area (Å²) < 4.78 is 0. The second-order valence-electron chi connectivity index (χ2n) is 7.43. The van der Waals surface area contributed by atoms with Gasteiger partial charge in [0.05, 0.1) is 0 Å². The summed E-state index contributed by atoms with van der Waals surface area (Å²) in [6.45, 7) is 3.53. The van der Waals surface area contributed by atoms with Gasteiger partial charge in [0.15, 0.2) is 5.96 Å². The fourth-order valence-corrected chi connectivity index (χ4v) is 4.04. The Balaban J connectivity index is 0.00000169. The van der Waals surface area contributed by atoms with E-state index >= 15 is 0 Å². The van der Waals surface area contributed by atoms with Gasteiger partial charge in [-0.15, -0.1) is 24.0 Å². The predicted molar refractivity (Wildman–Crippen MR) is 110 cm³/mol. The smallest absolute Gasteiger partial charge is 0.191 e. The molecule has 1 heterocycles. The molecule has 0 spiro atoms. The van der Waals surface area contributed by atoms with Crippen LogP contribution in [0.15, 0.2) is 35.3 Å². The van der Waals surface area contributed by atoms with E-state index in [0.29, 0.717) is 24.0 Å². The van der Waals surface area contributed by atoms with Gasteiger partial charge in [-0.3, -0.25) is 9.89 Å². The highest BCUT2D eigenvalue weighted by molar-refractivity contribution is 14.0. The summed E-state index contributed by atoms with van der Waals surface area (Å²) in [5, 5.41) is 7.26. The SMILES string of the molecule is CN=C(NC1CC(C)N(C2CC2)C1)NC1CC1c1ccccc1.I. The normalized spacial score (nSPS) is 33.0. The van der Waals surface area contributed by atoms with Crippen molar-refractivity contribution in [3.8, 4) is 0 Å². The van der Waals surface area contributed by atoms with Gasteiger partial charge in [0, 0.05) is 43.7 Å². The maximum atomic E-state index is 4.45. The van der Waals surface area contributed by atoms with E-state index in [2.05, 4.69) is 57.8 Å². The molecular weight excluding hydrogens is 411 g/mol. The van der Waals surface area contributed by atoms with Crippen LogP contribution in [0.5, 0.6) is 0 Å². The molecule has 0 bridgehead atoms. The first-order chi connectivity index (χ1) is 11.2. The van der Waals surface area contributed by atoms with Crippen molar-refractivity contribution in [3.05, 3.63) is 35.9 Å². The molecule has 1 aromatic rings. The molecule has 2 aliphatic carbocycles. The number of rotatable bonds is 4. The first-order valence-electron chi connectivity index (χ1n) is 9.05. The number of nitrogens with zero attached hydrogens (tertiary/aromatic N) is 2. The van der Waals surface area contributed by atoms with Crippen molar-refractivity contribution in [2.45, 2.75) is 62.7 Å². The van der Waals surface area contributed by atoms with Crippen LogP contribution in [0.25, 0.3) is 0 Å². The Morgan fingerprint density at radius 1 is 1.12 bits per heavy atom. The average molecular weight is 440 g/mol. The molecule has 24 heavy (non-hydrogen) atoms. The van der Waals surface area contributed by atoms with Crippen molar-refractivity contribution in [2.75, 3.05) is 13.6 Å². The van der Waals surface area contributed by atoms with Gasteiger partial charge in [-0.05, 0) is 38.2 Å². The number of benzene rings is 1. The quantitative estimate of drug-likeness (QED) is 0.430. The molecule has 4 unspecified atom stereocenters. The first kappa shape index (κ1) is 18.0. The molecule has 3 fully saturated rings. The van der Waals surface area contributed by atoms with Gasteiger partial charge in [0.2, 0.25) is 0 Å². The van der Waals surface area contributed by atoms with Crippen LogP contribution in [0.3, 0.4) is 0 Å². The lowest BCUT2D eigenvalue weighted by atomic mass is 10.1. The Morgan fingerprint density at radius 3 is 2.54 bits per heavy atom. The molecule has 132 valence electrons. The van der Waals surface area contributed by atoms with Gasteiger partial charge in [0.25, 0.3) is 0 Å². The van der Waals surface area contributed by atoms with Gasteiger partial charge < -0.3 is 10.6 Å². The predicted octanol–water partition coefficient (Wildman–Crippen LogP) is 2.95. The summed E-state index contributed by atoms with van der Waals surface area (Å²) in [6.07, 6.45) is 5.22. The zero-order valence-electron chi connectivity index (χ0n) is 14.6. The van der Waals surface area contributed by atoms with Gasteiger partial charge in [-0.2, -0.15) is 0 Å². The zero-order chi connectivity index (χ0) is 15.8. The van der Waals surface area contributed by atoms with E-state index in [-0.39, 0.29) is 24.0 Å². The van der Waals surface area contributed by atoms with Crippen LogP contribution < -0.4 is 10.6 Å². The van der Waals surface area contributed by atoms with Crippen molar-refractivity contribution in [1.29, 1.82) is 0 Å². The van der Waals surface area contributed by atoms with Crippen LogP contribution in [0.4, 0.5) is 0 Å². The lowest BCUT2D eigenvalue weighted by molar-refractivity contribution is 0.256. The monoisotopic (exact) mass is 440 g/mol. The number of nitrogens with one attached hydrogen (secondary N) is 2. The molecule has 2 N–H and O–H groups in total. The molecule has 2 saturated carbocycles. The van der Waals surface area contributed by atoms with Crippen LogP contribution >= 0.6 is 24.0 Å². The lowest BCUT2D eigenvalue weighted by Crippen LogP contribution is -2.45. The Labute approximate surface area is 162 Å². The summed E-state index contributed by atoms with van der Waals surface area (Å²) >= 11 is 0. The molecule has 5 heteroatoms. The highest BCUT2D eigenvalue weighted by Crippen LogP contribution is 2.40. The molecule has 1 aliphatic heterocycles. The summed E-state index contributed by atoms with van der Waals surface area (Å²) in [7, 11) is 1.88. The third-order valence-corrected chi connectivity index (χ3v) is 5.54. The van der Waals surface area contributed by atoms with Crippen LogP contribution in [0.2, 0.25) is 0 Å². The number of hydrogen-bond acceptors (Lipinski definition) is 2. The van der Waals surface area contributed by atoms with Gasteiger partial charge in [-0.25, -0.2) is 0 Å². The number of guanidine groups is 1. The van der Waals surface area contributed by atoms with Crippen molar-refractivity contribution < 1.29 is 0 Å². The van der Waals surface area contributed by atoms with E-state index in [1.807, 2.05) is 7.05 Å². The fourth-order valence-electron chi connectivity index (χ4n) is 4.04. The zero-order valence-corrected chi connectivity index (χ0v) is 16.9. The lowest BCUT2D eigenvalue weighted by Gasteiger charge is -2.20. The Kier molecular flexibility index (Phi) is 5.70. The van der Waals surface area contributed by atoms with E-state index < -0.39 is 0 Å². The van der Waals surface area contributed by atoms with Crippen LogP contribution in [-0.4, -0.2) is 48.6 Å². The topological polar surface area (TPSA) is 39.7 Å². The third kappa shape index (κ3) is 4.04. The van der Waals surface area contributed by atoms with E-state index in [4.69, 9.17) is 0 Å². The number of hydrogen-bond donors (Lipinski definition) is 2. The van der Waals surface area contributed by atoms with Crippen LogP contribution in [0, 0.1) is 0 Å². The molecule has 0 aromatic heterocycles. The largest absolute Gasteiger partial charge is 0.353 e. The molecule has 1 saturated heterocycles. The maximum Gasteiger partial charge on any atom is 0.191 e. The van der Waals surface area contributed by atoms with Crippen molar-refractivity contribution >= 4 is 29.9 Å². The summed E-state index contributed by atoms with van der Waals surface area (Å²) in [6, 6.07) is 13.4. The minimum Gasteiger partial charge on any atom is -0.353 e. The van der Waals surface area contributed by atoms with E-state index in [9.17, 15) is 0 Å². The average Bonchev–Trinajstić information content (AvgIpc) is 3.48. The molecule has 0 amide bonds. The number of likely N-dealkylation sites (tertiary alicyclic amines) is 1. The van der Waals surface area contributed by atoms with E-state index in [0.717, 1.165) is 12.0 Å². The second kappa shape index (κ2) is 7.60. The Morgan fingerprint density at radius 2 is 1.88 bits per heavy atom. The summed E-state index contributed by atoms with van der Waals surface area (Å²) in [4.78, 5) is 7.12. The van der Waals surface area contributed by atoms with E-state index in [1.54, 1.807) is 0 Å². The molecular formula is C19H29IN4. The van der Waals surface area contributed by atoms with Gasteiger partial charge >= 0.3 is 0 Å². The summed E-state index contributed by atoms with van der Waals surface area (Å²) in [5.74, 6) is 1.61. The molecule has 0 radical (unpaired) electrons. The molecule has 3 aliphatic rings. The summed E-state index contributed by atoms with van der Waals surface area (Å²) in [5.41, 5.74) is 1.44. The minimum atomic E-state index is 0. The Bertz CT molecular complexity index is 572. The maximum absolute atomic E-state index is 4.45. The van der Waals surface area contributed by atoms with Crippen molar-refractivity contribution in [3.63, 3.8) is 0 Å². The molecule has 4 nitrogen and oxygen atoms in total. The van der Waals surface area contributed by atoms with Crippen LogP contribution in [0.1, 0.15) is 44.1 Å². The number of halogens is 1. The molecule has 4 atom stereocenters.